The molecule has 0 aliphatic carbocycles. The average molecular weight is 1110 g/mol. The molecule has 0 saturated carbocycles. The van der Waals surface area contributed by atoms with E-state index in [1.54, 1.807) is 0 Å². The van der Waals surface area contributed by atoms with Crippen LogP contribution in [0.25, 0.3) is 178 Å². The molecule has 5 aromatic heterocycles. The smallest absolute Gasteiger partial charge is 0.238 e. The van der Waals surface area contributed by atoms with Crippen LogP contribution in [0.4, 0.5) is 0 Å². The summed E-state index contributed by atoms with van der Waals surface area (Å²) < 4.78 is 11.1. The summed E-state index contributed by atoms with van der Waals surface area (Å²) >= 11 is 0. The van der Waals surface area contributed by atoms with E-state index >= 15 is 0 Å². The number of nitrogens with zero attached hydrogens (tertiary/aromatic N) is 8. The highest BCUT2D eigenvalue weighted by Crippen LogP contribution is 2.48. The minimum Gasteiger partial charge on any atom is -0.456 e. The van der Waals surface area contributed by atoms with E-state index in [0.717, 1.165) is 137 Å². The standard InChI is InChI=1S/C78H46N8O/c1-5-19-47(20-6-1)48-35-37-52(38-36-48)75-79-73(50-23-9-3-10-24-50)81-77(83-75)85-63-32-16-15-28-58(63)62-45-53(40-43-64(62)85)56-42-44-66-72-70(56)59-29-14-13-27-57(59)60-31-17-33-65(71(60)72)86(66)78-82-74(51-25-11-4-12-26-51)80-76(84-78)54-39-41-61-68(46-54)87-67-34-18-30-55(69(61)67)49-21-7-2-8-22-49/h1-46H. The number of fused-ring (bicyclic) bond motifs is 9. The number of rotatable bonds is 9. The van der Waals surface area contributed by atoms with Crippen molar-refractivity contribution in [3.05, 3.63) is 279 Å². The molecular weight excluding hydrogens is 1060 g/mol. The first-order chi connectivity index (χ1) is 43.1. The monoisotopic (exact) mass is 1110 g/mol. The minimum atomic E-state index is 0.520. The summed E-state index contributed by atoms with van der Waals surface area (Å²) in [6, 6.07) is 97.6. The van der Waals surface area contributed by atoms with Gasteiger partial charge < -0.3 is 4.42 Å². The molecule has 0 unspecified atom stereocenters. The largest absolute Gasteiger partial charge is 0.456 e. The van der Waals surface area contributed by atoms with Gasteiger partial charge in [-0.1, -0.05) is 231 Å². The molecule has 0 aliphatic heterocycles. The second kappa shape index (κ2) is 19.3. The molecule has 0 N–H and O–H groups in total. The van der Waals surface area contributed by atoms with Gasteiger partial charge in [0.05, 0.1) is 22.1 Å². The molecule has 87 heavy (non-hydrogen) atoms. The topological polar surface area (TPSA) is 100 Å². The molecule has 0 saturated heterocycles. The Hall–Kier alpha value is -11.9. The van der Waals surface area contributed by atoms with Crippen molar-refractivity contribution < 1.29 is 4.42 Å². The molecule has 0 aliphatic rings. The van der Waals surface area contributed by atoms with Gasteiger partial charge >= 0.3 is 0 Å². The SMILES string of the molecule is c1ccc(-c2ccc(-c3nc(-c4ccccc4)nc(-n4c5ccccc5c5cc(-c6ccc7c8c6c6ccccc6c6cccc(c68)n7-c6nc(-c7ccccc7)nc(-c7ccc8c(c7)oc7cccc(-c9ccccc9)c78)n6)ccc54)n3)cc2)cc1. The van der Waals surface area contributed by atoms with E-state index in [-0.39, 0.29) is 0 Å². The molecule has 0 amide bonds. The number of hydrogen-bond acceptors (Lipinski definition) is 7. The summed E-state index contributed by atoms with van der Waals surface area (Å²) in [7, 11) is 0. The van der Waals surface area contributed by atoms with Crippen molar-refractivity contribution in [2.45, 2.75) is 0 Å². The zero-order chi connectivity index (χ0) is 57.1. The lowest BCUT2D eigenvalue weighted by Crippen LogP contribution is -2.06. The van der Waals surface area contributed by atoms with E-state index in [0.29, 0.717) is 35.2 Å². The van der Waals surface area contributed by atoms with Crippen LogP contribution in [-0.4, -0.2) is 39.0 Å². The highest BCUT2D eigenvalue weighted by Gasteiger charge is 2.26. The summed E-state index contributed by atoms with van der Waals surface area (Å²) in [5, 5.41) is 11.2. The Morgan fingerprint density at radius 1 is 0.218 bits per heavy atom. The van der Waals surface area contributed by atoms with Gasteiger partial charge in [-0.3, -0.25) is 9.13 Å². The van der Waals surface area contributed by atoms with Crippen LogP contribution in [0.5, 0.6) is 0 Å². The van der Waals surface area contributed by atoms with E-state index in [2.05, 4.69) is 234 Å². The maximum absolute atomic E-state index is 6.65. The highest BCUT2D eigenvalue weighted by atomic mass is 16.3. The molecule has 0 bridgehead atoms. The maximum Gasteiger partial charge on any atom is 0.238 e. The number of aromatic nitrogens is 8. The summed E-state index contributed by atoms with van der Waals surface area (Å²) in [5.74, 6) is 3.37. The van der Waals surface area contributed by atoms with Gasteiger partial charge in [0, 0.05) is 60.0 Å². The third-order valence-electron chi connectivity index (χ3n) is 17.2. The van der Waals surface area contributed by atoms with E-state index in [4.69, 9.17) is 34.3 Å². The fraction of sp³-hybridized carbons (Fsp3) is 0. The normalized spacial score (nSPS) is 11.9. The molecule has 18 aromatic rings. The molecular formula is C78H46N8O. The van der Waals surface area contributed by atoms with E-state index in [1.807, 2.05) is 54.6 Å². The Balaban J connectivity index is 0.820. The molecule has 0 radical (unpaired) electrons. The van der Waals surface area contributed by atoms with Gasteiger partial charge in [0.25, 0.3) is 0 Å². The van der Waals surface area contributed by atoms with Crippen molar-refractivity contribution in [2.75, 3.05) is 0 Å². The number of hydrogen-bond donors (Lipinski definition) is 0. The quantitative estimate of drug-likeness (QED) is 0.133. The van der Waals surface area contributed by atoms with Gasteiger partial charge in [-0.25, -0.2) is 9.97 Å². The Morgan fingerprint density at radius 3 is 1.36 bits per heavy atom. The van der Waals surface area contributed by atoms with Crippen molar-refractivity contribution in [1.29, 1.82) is 0 Å². The fourth-order valence-corrected chi connectivity index (χ4v) is 13.3. The third-order valence-corrected chi connectivity index (χ3v) is 17.2. The maximum atomic E-state index is 6.65. The first kappa shape index (κ1) is 48.6. The van der Waals surface area contributed by atoms with Crippen LogP contribution < -0.4 is 0 Å². The lowest BCUT2D eigenvalue weighted by molar-refractivity contribution is 0.669. The molecule has 18 rings (SSSR count). The zero-order valence-electron chi connectivity index (χ0n) is 46.5. The van der Waals surface area contributed by atoms with Gasteiger partial charge in [-0.2, -0.15) is 19.9 Å². The average Bonchev–Trinajstić information content (AvgIpc) is 1.70. The summed E-state index contributed by atoms with van der Waals surface area (Å²) in [6.45, 7) is 0. The van der Waals surface area contributed by atoms with Gasteiger partial charge in [0.1, 0.15) is 11.2 Å². The van der Waals surface area contributed by atoms with Gasteiger partial charge in [0.2, 0.25) is 11.9 Å². The Morgan fingerprint density at radius 2 is 0.667 bits per heavy atom. The Labute approximate surface area is 497 Å². The second-order valence-electron chi connectivity index (χ2n) is 22.1. The van der Waals surface area contributed by atoms with Gasteiger partial charge in [-0.15, -0.1) is 0 Å². The van der Waals surface area contributed by atoms with Crippen LogP contribution in [0.3, 0.4) is 0 Å². The molecule has 9 nitrogen and oxygen atoms in total. The summed E-state index contributed by atoms with van der Waals surface area (Å²) in [5.41, 5.74) is 15.8. The van der Waals surface area contributed by atoms with E-state index in [9.17, 15) is 0 Å². The third kappa shape index (κ3) is 7.73. The molecule has 404 valence electrons. The van der Waals surface area contributed by atoms with E-state index in [1.165, 1.54) is 5.39 Å². The van der Waals surface area contributed by atoms with Crippen LogP contribution in [0, 0.1) is 0 Å². The number of furan rings is 1. The van der Waals surface area contributed by atoms with Crippen molar-refractivity contribution in [2.24, 2.45) is 0 Å². The van der Waals surface area contributed by atoms with Crippen LogP contribution in [0.1, 0.15) is 0 Å². The molecule has 9 heteroatoms. The second-order valence-corrected chi connectivity index (χ2v) is 22.1. The first-order valence-electron chi connectivity index (χ1n) is 29.2. The number of benzene rings is 13. The van der Waals surface area contributed by atoms with Crippen LogP contribution in [0.2, 0.25) is 0 Å². The van der Waals surface area contributed by atoms with Gasteiger partial charge in [-0.05, 0) is 98.1 Å². The Kier molecular flexibility index (Phi) is 10.8. The highest BCUT2D eigenvalue weighted by molar-refractivity contribution is 6.37. The Bertz CT molecular complexity index is 5740. The van der Waals surface area contributed by atoms with Crippen molar-refractivity contribution in [3.63, 3.8) is 0 Å². The summed E-state index contributed by atoms with van der Waals surface area (Å²) in [4.78, 5) is 31.7. The van der Waals surface area contributed by atoms with Crippen LogP contribution in [-0.2, 0) is 0 Å². The fourth-order valence-electron chi connectivity index (χ4n) is 13.3. The lowest BCUT2D eigenvalue weighted by atomic mass is 9.89. The predicted molar refractivity (Wildman–Crippen MR) is 353 cm³/mol. The van der Waals surface area contributed by atoms with Gasteiger partial charge in [0.15, 0.2) is 23.3 Å². The van der Waals surface area contributed by atoms with Crippen molar-refractivity contribution in [3.8, 4) is 90.8 Å². The molecule has 5 heterocycles. The zero-order valence-corrected chi connectivity index (χ0v) is 46.5. The molecule has 0 spiro atoms. The van der Waals surface area contributed by atoms with Crippen LogP contribution >= 0.6 is 0 Å². The lowest BCUT2D eigenvalue weighted by Gasteiger charge is -2.14. The van der Waals surface area contributed by atoms with Crippen molar-refractivity contribution >= 4 is 87.1 Å². The molecule has 0 atom stereocenters. The first-order valence-corrected chi connectivity index (χ1v) is 29.2. The molecule has 0 fully saturated rings. The van der Waals surface area contributed by atoms with Crippen LogP contribution in [0.15, 0.2) is 283 Å². The number of para-hydroxylation sites is 1. The minimum absolute atomic E-state index is 0.520. The van der Waals surface area contributed by atoms with E-state index < -0.39 is 0 Å². The van der Waals surface area contributed by atoms with Crippen molar-refractivity contribution in [1.82, 2.24) is 39.0 Å². The summed E-state index contributed by atoms with van der Waals surface area (Å²) in [6.07, 6.45) is 0. The molecule has 13 aromatic carbocycles. The predicted octanol–water partition coefficient (Wildman–Crippen LogP) is 19.6.